The first kappa shape index (κ1) is 17.1. The van der Waals surface area contributed by atoms with E-state index in [9.17, 15) is 9.90 Å². The molecule has 27 heavy (non-hydrogen) atoms. The lowest BCUT2D eigenvalue weighted by atomic mass is 10.1. The molecule has 3 heterocycles. The van der Waals surface area contributed by atoms with Crippen LogP contribution in [0.1, 0.15) is 12.8 Å². The van der Waals surface area contributed by atoms with Crippen LogP contribution in [0.15, 0.2) is 61.7 Å². The number of aromatic nitrogens is 2. The minimum atomic E-state index is -0.0728. The molecule has 1 aliphatic heterocycles. The lowest BCUT2D eigenvalue weighted by Crippen LogP contribution is -2.43. The molecule has 4 rings (SSSR count). The molecule has 138 valence electrons. The van der Waals surface area contributed by atoms with Gasteiger partial charge in [0.2, 0.25) is 5.91 Å². The fourth-order valence-corrected chi connectivity index (χ4v) is 3.45. The average molecular weight is 363 g/mol. The largest absolute Gasteiger partial charge is 0.508 e. The van der Waals surface area contributed by atoms with Crippen molar-refractivity contribution in [2.45, 2.75) is 18.9 Å². The molecule has 0 saturated carbocycles. The van der Waals surface area contributed by atoms with E-state index in [2.05, 4.69) is 11.6 Å². The predicted octanol–water partition coefficient (Wildman–Crippen LogP) is 3.26. The Morgan fingerprint density at radius 1 is 1.30 bits per heavy atom. The SMILES string of the molecule is C=CC(=O)N1CCCC(Oc2cc(-c3ccc(O)cc3)cn3cncc23)C1. The molecule has 6 nitrogen and oxygen atoms in total. The summed E-state index contributed by atoms with van der Waals surface area (Å²) in [6.45, 7) is 4.86. The van der Waals surface area contributed by atoms with Gasteiger partial charge in [-0.2, -0.15) is 0 Å². The number of carbonyl (C=O) groups is 1. The van der Waals surface area contributed by atoms with Crippen molar-refractivity contribution in [2.24, 2.45) is 0 Å². The molecule has 1 unspecified atom stereocenters. The van der Waals surface area contributed by atoms with Crippen molar-refractivity contribution in [1.82, 2.24) is 14.3 Å². The Kier molecular flexibility index (Phi) is 4.54. The number of phenols is 1. The first-order valence-electron chi connectivity index (χ1n) is 8.97. The number of amides is 1. The number of ether oxygens (including phenoxy) is 1. The number of fused-ring (bicyclic) bond motifs is 1. The van der Waals surface area contributed by atoms with Crippen LogP contribution in [0, 0.1) is 0 Å². The summed E-state index contributed by atoms with van der Waals surface area (Å²) in [5.41, 5.74) is 2.82. The van der Waals surface area contributed by atoms with Crippen LogP contribution in [0.3, 0.4) is 0 Å². The maximum absolute atomic E-state index is 11.9. The summed E-state index contributed by atoms with van der Waals surface area (Å²) in [5, 5.41) is 9.52. The molecule has 0 radical (unpaired) electrons. The van der Waals surface area contributed by atoms with E-state index in [1.807, 2.05) is 28.8 Å². The van der Waals surface area contributed by atoms with Gasteiger partial charge >= 0.3 is 0 Å². The average Bonchev–Trinajstić information content (AvgIpc) is 3.17. The summed E-state index contributed by atoms with van der Waals surface area (Å²) in [4.78, 5) is 17.9. The molecule has 2 aromatic heterocycles. The Morgan fingerprint density at radius 2 is 2.11 bits per heavy atom. The lowest BCUT2D eigenvalue weighted by Gasteiger charge is -2.32. The minimum Gasteiger partial charge on any atom is -0.508 e. The van der Waals surface area contributed by atoms with Gasteiger partial charge in [0.25, 0.3) is 0 Å². The van der Waals surface area contributed by atoms with Gasteiger partial charge in [0.1, 0.15) is 23.1 Å². The molecule has 1 aliphatic rings. The van der Waals surface area contributed by atoms with Crippen molar-refractivity contribution in [3.8, 4) is 22.6 Å². The highest BCUT2D eigenvalue weighted by molar-refractivity contribution is 5.87. The number of carbonyl (C=O) groups excluding carboxylic acids is 1. The van der Waals surface area contributed by atoms with E-state index in [1.165, 1.54) is 6.08 Å². The van der Waals surface area contributed by atoms with Crippen molar-refractivity contribution in [2.75, 3.05) is 13.1 Å². The summed E-state index contributed by atoms with van der Waals surface area (Å²) in [6, 6.07) is 9.03. The minimum absolute atomic E-state index is 0.0596. The zero-order valence-corrected chi connectivity index (χ0v) is 14.9. The maximum Gasteiger partial charge on any atom is 0.246 e. The number of likely N-dealkylation sites (tertiary alicyclic amines) is 1. The standard InChI is InChI=1S/C21H21N3O3/c1-2-21(26)23-9-3-4-18(13-23)27-20-10-16(12-24-14-22-11-19(20)24)15-5-7-17(25)8-6-15/h2,5-8,10-12,14,18,25H,1,3-4,9,13H2. The second-order valence-corrected chi connectivity index (χ2v) is 6.70. The molecule has 6 heteroatoms. The van der Waals surface area contributed by atoms with E-state index in [0.717, 1.165) is 41.8 Å². The number of piperidine rings is 1. The van der Waals surface area contributed by atoms with Crippen LogP contribution in [0.4, 0.5) is 0 Å². The number of phenolic OH excluding ortho intramolecular Hbond substituents is 1. The highest BCUT2D eigenvalue weighted by Gasteiger charge is 2.24. The summed E-state index contributed by atoms with van der Waals surface area (Å²) < 4.78 is 8.22. The van der Waals surface area contributed by atoms with E-state index in [1.54, 1.807) is 29.6 Å². The smallest absolute Gasteiger partial charge is 0.246 e. The first-order chi connectivity index (χ1) is 13.1. The van der Waals surface area contributed by atoms with Gasteiger partial charge in [0.15, 0.2) is 0 Å². The third-order valence-electron chi connectivity index (χ3n) is 4.84. The van der Waals surface area contributed by atoms with Gasteiger partial charge in [-0.1, -0.05) is 18.7 Å². The van der Waals surface area contributed by atoms with Crippen LogP contribution in [0.25, 0.3) is 16.6 Å². The van der Waals surface area contributed by atoms with Crippen molar-refractivity contribution in [3.05, 3.63) is 61.7 Å². The third-order valence-corrected chi connectivity index (χ3v) is 4.84. The first-order valence-corrected chi connectivity index (χ1v) is 8.97. The van der Waals surface area contributed by atoms with Crippen LogP contribution in [0.2, 0.25) is 0 Å². The van der Waals surface area contributed by atoms with E-state index in [-0.39, 0.29) is 17.8 Å². The Balaban J connectivity index is 1.64. The van der Waals surface area contributed by atoms with Crippen LogP contribution in [0.5, 0.6) is 11.5 Å². The van der Waals surface area contributed by atoms with Crippen molar-refractivity contribution >= 4 is 11.4 Å². The van der Waals surface area contributed by atoms with Gasteiger partial charge in [-0.05, 0) is 42.7 Å². The van der Waals surface area contributed by atoms with Gasteiger partial charge < -0.3 is 19.1 Å². The number of hydrogen-bond acceptors (Lipinski definition) is 4. The normalized spacial score (nSPS) is 17.0. The van der Waals surface area contributed by atoms with E-state index in [0.29, 0.717) is 6.54 Å². The fourth-order valence-electron chi connectivity index (χ4n) is 3.45. The molecule has 0 spiro atoms. The molecule has 1 N–H and O–H groups in total. The van der Waals surface area contributed by atoms with Crippen LogP contribution in [-0.2, 0) is 4.79 Å². The fraction of sp³-hybridized carbons (Fsp3) is 0.238. The van der Waals surface area contributed by atoms with Gasteiger partial charge in [-0.25, -0.2) is 4.98 Å². The molecule has 3 aromatic rings. The molecule has 1 fully saturated rings. The Bertz CT molecular complexity index is 978. The van der Waals surface area contributed by atoms with E-state index in [4.69, 9.17) is 4.74 Å². The van der Waals surface area contributed by atoms with Gasteiger partial charge in [0, 0.05) is 18.3 Å². The van der Waals surface area contributed by atoms with Crippen molar-refractivity contribution in [1.29, 1.82) is 0 Å². The Labute approximate surface area is 157 Å². The molecule has 1 saturated heterocycles. The highest BCUT2D eigenvalue weighted by atomic mass is 16.5. The second-order valence-electron chi connectivity index (χ2n) is 6.70. The van der Waals surface area contributed by atoms with Crippen molar-refractivity contribution in [3.63, 3.8) is 0 Å². The molecule has 1 amide bonds. The van der Waals surface area contributed by atoms with Gasteiger partial charge in [-0.3, -0.25) is 4.79 Å². The number of pyridine rings is 1. The summed E-state index contributed by atoms with van der Waals surface area (Å²) in [7, 11) is 0. The number of rotatable bonds is 4. The van der Waals surface area contributed by atoms with Crippen LogP contribution >= 0.6 is 0 Å². The number of benzene rings is 1. The summed E-state index contributed by atoms with van der Waals surface area (Å²) >= 11 is 0. The molecule has 0 aliphatic carbocycles. The van der Waals surface area contributed by atoms with E-state index >= 15 is 0 Å². The quantitative estimate of drug-likeness (QED) is 0.723. The molecular weight excluding hydrogens is 342 g/mol. The second kappa shape index (κ2) is 7.15. The maximum atomic E-state index is 11.9. The molecular formula is C21H21N3O3. The molecule has 1 atom stereocenters. The zero-order valence-electron chi connectivity index (χ0n) is 14.9. The summed E-state index contributed by atoms with van der Waals surface area (Å²) in [5.74, 6) is 0.903. The number of aromatic hydroxyl groups is 1. The van der Waals surface area contributed by atoms with Crippen molar-refractivity contribution < 1.29 is 14.6 Å². The Hall–Kier alpha value is -3.28. The van der Waals surface area contributed by atoms with Crippen LogP contribution in [-0.4, -0.2) is 44.5 Å². The summed E-state index contributed by atoms with van der Waals surface area (Å²) in [6.07, 6.45) is 8.56. The third kappa shape index (κ3) is 3.51. The van der Waals surface area contributed by atoms with Crippen LogP contribution < -0.4 is 4.74 Å². The highest BCUT2D eigenvalue weighted by Crippen LogP contribution is 2.30. The lowest BCUT2D eigenvalue weighted by molar-refractivity contribution is -0.128. The molecule has 0 bridgehead atoms. The molecule has 1 aromatic carbocycles. The zero-order chi connectivity index (χ0) is 18.8. The number of imidazole rings is 1. The van der Waals surface area contributed by atoms with Gasteiger partial charge in [-0.15, -0.1) is 0 Å². The van der Waals surface area contributed by atoms with E-state index < -0.39 is 0 Å². The number of hydrogen-bond donors (Lipinski definition) is 1. The predicted molar refractivity (Wildman–Crippen MR) is 103 cm³/mol. The topological polar surface area (TPSA) is 67.1 Å². The number of nitrogens with zero attached hydrogens (tertiary/aromatic N) is 3. The monoisotopic (exact) mass is 363 g/mol. The Morgan fingerprint density at radius 3 is 2.89 bits per heavy atom. The van der Waals surface area contributed by atoms with Gasteiger partial charge in [0.05, 0.1) is 19.1 Å².